The van der Waals surface area contributed by atoms with Crippen molar-refractivity contribution in [3.8, 4) is 11.5 Å². The van der Waals surface area contributed by atoms with Crippen LogP contribution in [0.4, 0.5) is 0 Å². The minimum absolute atomic E-state index is 0.00675. The van der Waals surface area contributed by atoms with Crippen molar-refractivity contribution >= 4 is 5.97 Å². The Balaban J connectivity index is 1.96. The highest BCUT2D eigenvalue weighted by Crippen LogP contribution is 2.21. The Morgan fingerprint density at radius 1 is 0.960 bits per heavy atom. The Morgan fingerprint density at radius 2 is 1.56 bits per heavy atom. The molecule has 134 valence electrons. The van der Waals surface area contributed by atoms with Crippen LogP contribution in [0, 0.1) is 0 Å². The minimum atomic E-state index is -0.385. The summed E-state index contributed by atoms with van der Waals surface area (Å²) in [5.74, 6) is 0.887. The number of hydrogen-bond acceptors (Lipinski definition) is 4. The fourth-order valence-electron chi connectivity index (χ4n) is 2.48. The van der Waals surface area contributed by atoms with E-state index < -0.39 is 0 Å². The fraction of sp³-hybridized carbons (Fsp3) is 0.381. The molecule has 0 saturated carbocycles. The van der Waals surface area contributed by atoms with Gasteiger partial charge in [0, 0.05) is 7.11 Å². The highest BCUT2D eigenvalue weighted by molar-refractivity contribution is 5.91. The molecule has 2 aromatic rings. The smallest absolute Gasteiger partial charge is 0.343 e. The maximum absolute atomic E-state index is 12.2. The maximum atomic E-state index is 12.2. The molecule has 2 atom stereocenters. The number of esters is 1. The summed E-state index contributed by atoms with van der Waals surface area (Å²) >= 11 is 0. The molecule has 25 heavy (non-hydrogen) atoms. The predicted octanol–water partition coefficient (Wildman–Crippen LogP) is 5.18. The van der Waals surface area contributed by atoms with E-state index in [2.05, 4.69) is 6.92 Å². The molecule has 0 aromatic heterocycles. The number of methoxy groups -OCH3 is 1. The summed E-state index contributed by atoms with van der Waals surface area (Å²) in [5.41, 5.74) is 1.52. The van der Waals surface area contributed by atoms with Crippen LogP contribution < -0.4 is 9.47 Å². The Kier molecular flexibility index (Phi) is 7.02. The minimum Gasteiger partial charge on any atom is -0.491 e. The van der Waals surface area contributed by atoms with Gasteiger partial charge in [-0.3, -0.25) is 0 Å². The van der Waals surface area contributed by atoms with Crippen molar-refractivity contribution in [2.45, 2.75) is 45.8 Å². The molecule has 0 spiro atoms. The number of ether oxygens (including phenoxy) is 3. The Hall–Kier alpha value is -2.33. The third-order valence-electron chi connectivity index (χ3n) is 4.04. The predicted molar refractivity (Wildman–Crippen MR) is 98.3 cm³/mol. The molecule has 2 aromatic carbocycles. The van der Waals surface area contributed by atoms with Gasteiger partial charge in [-0.05, 0) is 62.2 Å². The lowest BCUT2D eigenvalue weighted by Crippen LogP contribution is -2.11. The molecule has 2 rings (SSSR count). The van der Waals surface area contributed by atoms with Crippen molar-refractivity contribution in [3.05, 3.63) is 59.7 Å². The van der Waals surface area contributed by atoms with Crippen molar-refractivity contribution in [3.63, 3.8) is 0 Å². The summed E-state index contributed by atoms with van der Waals surface area (Å²) in [6.45, 7) is 6.13. The first-order valence-corrected chi connectivity index (χ1v) is 8.65. The molecule has 0 aliphatic carbocycles. The van der Waals surface area contributed by atoms with Crippen molar-refractivity contribution in [1.29, 1.82) is 0 Å². The third kappa shape index (κ3) is 5.61. The molecule has 0 N–H and O–H groups in total. The average molecular weight is 342 g/mol. The Labute approximate surface area is 149 Å². The van der Waals surface area contributed by atoms with Gasteiger partial charge >= 0.3 is 5.97 Å². The van der Waals surface area contributed by atoms with Gasteiger partial charge in [-0.1, -0.05) is 25.5 Å². The van der Waals surface area contributed by atoms with Crippen LogP contribution >= 0.6 is 0 Å². The Bertz CT molecular complexity index is 661. The molecule has 4 heteroatoms. The van der Waals surface area contributed by atoms with Gasteiger partial charge in [-0.25, -0.2) is 4.79 Å². The lowest BCUT2D eigenvalue weighted by atomic mass is 10.1. The van der Waals surface area contributed by atoms with E-state index in [1.807, 2.05) is 38.1 Å². The first kappa shape index (κ1) is 19.0. The van der Waals surface area contributed by atoms with Gasteiger partial charge in [0.25, 0.3) is 0 Å². The molecule has 0 aliphatic rings. The second-order valence-corrected chi connectivity index (χ2v) is 6.08. The maximum Gasteiger partial charge on any atom is 0.343 e. The van der Waals surface area contributed by atoms with Crippen LogP contribution in [-0.4, -0.2) is 19.2 Å². The largest absolute Gasteiger partial charge is 0.491 e. The van der Waals surface area contributed by atoms with Crippen LogP contribution in [-0.2, 0) is 4.74 Å². The molecule has 0 bridgehead atoms. The molecule has 0 fully saturated rings. The van der Waals surface area contributed by atoms with Crippen molar-refractivity contribution in [1.82, 2.24) is 0 Å². The van der Waals surface area contributed by atoms with Gasteiger partial charge < -0.3 is 14.2 Å². The number of carbonyl (C=O) groups is 1. The van der Waals surface area contributed by atoms with Gasteiger partial charge in [0.15, 0.2) is 0 Å². The molecule has 0 aliphatic heterocycles. The standard InChI is InChI=1S/C21H26O4/c1-5-6-15(2)24-19-11-13-20(14-12-19)25-21(22)18-9-7-17(8-10-18)16(3)23-4/h7-16H,5-6H2,1-4H3. The van der Waals surface area contributed by atoms with E-state index in [4.69, 9.17) is 14.2 Å². The summed E-state index contributed by atoms with van der Waals surface area (Å²) in [7, 11) is 1.66. The summed E-state index contributed by atoms with van der Waals surface area (Å²) < 4.78 is 16.5. The molecule has 0 heterocycles. The van der Waals surface area contributed by atoms with Gasteiger partial charge in [-0.2, -0.15) is 0 Å². The highest BCUT2D eigenvalue weighted by Gasteiger charge is 2.11. The SMILES string of the molecule is CCCC(C)Oc1ccc(OC(=O)c2ccc(C(C)OC)cc2)cc1. The van der Waals surface area contributed by atoms with Gasteiger partial charge in [0.2, 0.25) is 0 Å². The van der Waals surface area contributed by atoms with Crippen molar-refractivity contribution in [2.75, 3.05) is 7.11 Å². The molecule has 4 nitrogen and oxygen atoms in total. The molecular weight excluding hydrogens is 316 g/mol. The van der Waals surface area contributed by atoms with Crippen molar-refractivity contribution in [2.24, 2.45) is 0 Å². The summed E-state index contributed by atoms with van der Waals surface area (Å²) in [6, 6.07) is 14.4. The first-order chi connectivity index (χ1) is 12.0. The van der Waals surface area contributed by atoms with Crippen LogP contribution in [0.25, 0.3) is 0 Å². The number of benzene rings is 2. The lowest BCUT2D eigenvalue weighted by Gasteiger charge is -2.14. The topological polar surface area (TPSA) is 44.8 Å². The van der Waals surface area contributed by atoms with Crippen LogP contribution in [0.5, 0.6) is 11.5 Å². The van der Waals surface area contributed by atoms with Crippen LogP contribution in [0.3, 0.4) is 0 Å². The Morgan fingerprint density at radius 3 is 2.12 bits per heavy atom. The van der Waals surface area contributed by atoms with E-state index >= 15 is 0 Å². The zero-order chi connectivity index (χ0) is 18.2. The highest BCUT2D eigenvalue weighted by atomic mass is 16.5. The second-order valence-electron chi connectivity index (χ2n) is 6.08. The van der Waals surface area contributed by atoms with Gasteiger partial charge in [0.1, 0.15) is 11.5 Å². The van der Waals surface area contributed by atoms with E-state index in [1.54, 1.807) is 31.4 Å². The fourth-order valence-corrected chi connectivity index (χ4v) is 2.48. The lowest BCUT2D eigenvalue weighted by molar-refractivity contribution is 0.0734. The average Bonchev–Trinajstić information content (AvgIpc) is 2.63. The van der Waals surface area contributed by atoms with Gasteiger partial charge in [0.05, 0.1) is 17.8 Å². The number of rotatable bonds is 8. The second kappa shape index (κ2) is 9.23. The molecule has 2 unspecified atom stereocenters. The zero-order valence-corrected chi connectivity index (χ0v) is 15.3. The van der Waals surface area contributed by atoms with E-state index in [9.17, 15) is 4.79 Å². The van der Waals surface area contributed by atoms with Crippen LogP contribution in [0.2, 0.25) is 0 Å². The summed E-state index contributed by atoms with van der Waals surface area (Å²) in [6.07, 6.45) is 2.26. The summed E-state index contributed by atoms with van der Waals surface area (Å²) in [5, 5.41) is 0. The van der Waals surface area contributed by atoms with E-state index in [0.29, 0.717) is 11.3 Å². The number of hydrogen-bond donors (Lipinski definition) is 0. The van der Waals surface area contributed by atoms with Gasteiger partial charge in [-0.15, -0.1) is 0 Å². The van der Waals surface area contributed by atoms with Crippen LogP contribution in [0.15, 0.2) is 48.5 Å². The monoisotopic (exact) mass is 342 g/mol. The molecular formula is C21H26O4. The first-order valence-electron chi connectivity index (χ1n) is 8.65. The van der Waals surface area contributed by atoms with Crippen LogP contribution in [0.1, 0.15) is 55.6 Å². The van der Waals surface area contributed by atoms with E-state index in [-0.39, 0.29) is 18.2 Å². The van der Waals surface area contributed by atoms with E-state index in [0.717, 1.165) is 24.2 Å². The van der Waals surface area contributed by atoms with E-state index in [1.165, 1.54) is 0 Å². The quantitative estimate of drug-likeness (QED) is 0.490. The number of carbonyl (C=O) groups excluding carboxylic acids is 1. The molecule has 0 amide bonds. The third-order valence-corrected chi connectivity index (χ3v) is 4.04. The molecule has 0 radical (unpaired) electrons. The zero-order valence-electron chi connectivity index (χ0n) is 15.3. The summed E-state index contributed by atoms with van der Waals surface area (Å²) in [4.78, 5) is 12.2. The van der Waals surface area contributed by atoms with Crippen molar-refractivity contribution < 1.29 is 19.0 Å². The normalized spacial score (nSPS) is 13.1. The molecule has 0 saturated heterocycles.